The summed E-state index contributed by atoms with van der Waals surface area (Å²) >= 11 is 0. The summed E-state index contributed by atoms with van der Waals surface area (Å²) in [5.41, 5.74) is 0.570. The average molecular weight is 418 g/mol. The highest BCUT2D eigenvalue weighted by Gasteiger charge is 2.33. The van der Waals surface area contributed by atoms with Crippen LogP contribution in [0.5, 0.6) is 0 Å². The molecule has 2 aliphatic heterocycles. The van der Waals surface area contributed by atoms with Gasteiger partial charge >= 0.3 is 0 Å². The maximum atomic E-state index is 13.3. The number of hydrogen-bond acceptors (Lipinski definition) is 4. The van der Waals surface area contributed by atoms with Crippen molar-refractivity contribution in [2.24, 2.45) is 5.92 Å². The number of rotatable bonds is 4. The minimum absolute atomic E-state index is 0.0310. The van der Waals surface area contributed by atoms with Gasteiger partial charge in [0.1, 0.15) is 5.82 Å². The van der Waals surface area contributed by atoms with Gasteiger partial charge in [0.15, 0.2) is 0 Å². The Bertz CT molecular complexity index is 831. The summed E-state index contributed by atoms with van der Waals surface area (Å²) in [6.45, 7) is 2.93. The van der Waals surface area contributed by atoms with Crippen molar-refractivity contribution in [3.05, 3.63) is 35.6 Å². The lowest BCUT2D eigenvalue weighted by Gasteiger charge is -2.31. The van der Waals surface area contributed by atoms with Gasteiger partial charge in [0.05, 0.1) is 18.9 Å². The number of piperazine rings is 1. The van der Waals surface area contributed by atoms with Crippen LogP contribution >= 0.6 is 0 Å². The summed E-state index contributed by atoms with van der Waals surface area (Å²) in [6.07, 6.45) is 1.08. The van der Waals surface area contributed by atoms with E-state index in [4.69, 9.17) is 0 Å². The maximum Gasteiger partial charge on any atom is 0.239 e. The van der Waals surface area contributed by atoms with Crippen LogP contribution in [0.1, 0.15) is 25.3 Å². The monoisotopic (exact) mass is 418 g/mol. The molecule has 162 valence electrons. The summed E-state index contributed by atoms with van der Waals surface area (Å²) in [4.78, 5) is 52.1. The number of nitrogens with one attached hydrogen (secondary N) is 2. The fraction of sp³-hybridized carbons (Fsp3) is 0.524. The van der Waals surface area contributed by atoms with E-state index in [0.717, 1.165) is 0 Å². The van der Waals surface area contributed by atoms with Crippen LogP contribution in [-0.2, 0) is 25.6 Å². The highest BCUT2D eigenvalue weighted by Crippen LogP contribution is 2.20. The molecule has 2 atom stereocenters. The molecule has 3 rings (SSSR count). The van der Waals surface area contributed by atoms with Crippen molar-refractivity contribution in [3.8, 4) is 0 Å². The topological polar surface area (TPSA) is 98.8 Å². The molecule has 0 aromatic heterocycles. The third-order valence-corrected chi connectivity index (χ3v) is 5.51. The molecule has 8 nitrogen and oxygen atoms in total. The summed E-state index contributed by atoms with van der Waals surface area (Å²) in [7, 11) is 0. The van der Waals surface area contributed by atoms with E-state index >= 15 is 0 Å². The molecule has 1 aromatic carbocycles. The number of halogens is 1. The number of benzene rings is 1. The van der Waals surface area contributed by atoms with Crippen molar-refractivity contribution in [2.45, 2.75) is 32.2 Å². The zero-order chi connectivity index (χ0) is 21.7. The molecule has 30 heavy (non-hydrogen) atoms. The van der Waals surface area contributed by atoms with Gasteiger partial charge in [0.25, 0.3) is 0 Å². The number of hydrogen-bond donors (Lipinski definition) is 2. The molecular formula is C21H27FN4O4. The molecule has 2 saturated heterocycles. The summed E-state index contributed by atoms with van der Waals surface area (Å²) < 4.78 is 13.3. The smallest absolute Gasteiger partial charge is 0.239 e. The first-order valence-corrected chi connectivity index (χ1v) is 10.2. The average Bonchev–Trinajstić information content (AvgIpc) is 2.90. The van der Waals surface area contributed by atoms with Gasteiger partial charge < -0.3 is 20.4 Å². The molecule has 0 radical (unpaired) electrons. The molecule has 4 amide bonds. The number of carbonyl (C=O) groups is 4. The van der Waals surface area contributed by atoms with Gasteiger partial charge in [-0.15, -0.1) is 0 Å². The molecule has 2 heterocycles. The molecule has 0 saturated carbocycles. The van der Waals surface area contributed by atoms with Crippen LogP contribution in [0.4, 0.5) is 4.39 Å². The molecule has 2 fully saturated rings. The van der Waals surface area contributed by atoms with Gasteiger partial charge in [-0.3, -0.25) is 19.2 Å². The van der Waals surface area contributed by atoms with Crippen molar-refractivity contribution in [2.75, 3.05) is 32.7 Å². The molecule has 0 spiro atoms. The van der Waals surface area contributed by atoms with Crippen LogP contribution in [0.25, 0.3) is 0 Å². The normalized spacial score (nSPS) is 22.1. The van der Waals surface area contributed by atoms with Crippen molar-refractivity contribution in [1.29, 1.82) is 0 Å². The highest BCUT2D eigenvalue weighted by molar-refractivity contribution is 5.87. The number of likely N-dealkylation sites (tertiary alicyclic amines) is 1. The Labute approximate surface area is 174 Å². The fourth-order valence-electron chi connectivity index (χ4n) is 3.96. The van der Waals surface area contributed by atoms with Gasteiger partial charge in [-0.05, 0) is 30.5 Å². The van der Waals surface area contributed by atoms with Gasteiger partial charge in [-0.25, -0.2) is 4.39 Å². The highest BCUT2D eigenvalue weighted by atomic mass is 19.1. The predicted octanol–water partition coefficient (Wildman–Crippen LogP) is 0.0699. The molecule has 2 N–H and O–H groups in total. The Morgan fingerprint density at radius 2 is 2.00 bits per heavy atom. The van der Waals surface area contributed by atoms with Gasteiger partial charge in [-0.1, -0.05) is 12.1 Å². The third-order valence-electron chi connectivity index (χ3n) is 5.51. The third kappa shape index (κ3) is 5.77. The second-order valence-corrected chi connectivity index (χ2v) is 7.88. The number of nitrogens with zero attached hydrogens (tertiary/aromatic N) is 2. The maximum absolute atomic E-state index is 13.3. The van der Waals surface area contributed by atoms with E-state index in [-0.39, 0.29) is 49.2 Å². The first-order valence-electron chi connectivity index (χ1n) is 10.2. The van der Waals surface area contributed by atoms with Crippen LogP contribution in [0, 0.1) is 11.7 Å². The van der Waals surface area contributed by atoms with E-state index in [1.807, 2.05) is 0 Å². The van der Waals surface area contributed by atoms with Crippen molar-refractivity contribution in [1.82, 2.24) is 20.4 Å². The van der Waals surface area contributed by atoms with E-state index in [0.29, 0.717) is 38.0 Å². The molecule has 9 heteroatoms. The van der Waals surface area contributed by atoms with Crippen LogP contribution in [-0.4, -0.2) is 72.2 Å². The number of carbonyl (C=O) groups excluding carboxylic acids is 4. The van der Waals surface area contributed by atoms with E-state index in [1.165, 1.54) is 24.0 Å². The predicted molar refractivity (Wildman–Crippen MR) is 107 cm³/mol. The second kappa shape index (κ2) is 9.69. The molecule has 0 aliphatic carbocycles. The zero-order valence-corrected chi connectivity index (χ0v) is 17.0. The molecule has 1 aromatic rings. The first kappa shape index (κ1) is 21.7. The second-order valence-electron chi connectivity index (χ2n) is 7.88. The molecular weight excluding hydrogens is 391 g/mol. The quantitative estimate of drug-likeness (QED) is 0.723. The molecule has 0 unspecified atom stereocenters. The summed E-state index contributed by atoms with van der Waals surface area (Å²) in [5, 5.41) is 5.61. The summed E-state index contributed by atoms with van der Waals surface area (Å²) in [5.74, 6) is -1.56. The minimum atomic E-state index is -0.412. The lowest BCUT2D eigenvalue weighted by Crippen LogP contribution is -2.52. The summed E-state index contributed by atoms with van der Waals surface area (Å²) in [6, 6.07) is 5.58. The largest absolute Gasteiger partial charge is 0.353 e. The molecule has 0 bridgehead atoms. The SMILES string of the molecule is CC(=O)N1C[C@@H](NC(=O)Cc2cccc(F)c2)CC[C@@H](C(=O)N2CCNC(=O)C2)C1. The lowest BCUT2D eigenvalue weighted by atomic mass is 9.99. The van der Waals surface area contributed by atoms with Crippen molar-refractivity contribution in [3.63, 3.8) is 0 Å². The van der Waals surface area contributed by atoms with Gasteiger partial charge in [0, 0.05) is 39.1 Å². The molecule has 2 aliphatic rings. The Morgan fingerprint density at radius 1 is 1.20 bits per heavy atom. The number of amides is 4. The van der Waals surface area contributed by atoms with E-state index in [1.54, 1.807) is 17.0 Å². The van der Waals surface area contributed by atoms with Gasteiger partial charge in [-0.2, -0.15) is 0 Å². The Kier molecular flexibility index (Phi) is 7.02. The van der Waals surface area contributed by atoms with Crippen LogP contribution < -0.4 is 10.6 Å². The van der Waals surface area contributed by atoms with Crippen LogP contribution in [0.3, 0.4) is 0 Å². The van der Waals surface area contributed by atoms with E-state index in [9.17, 15) is 23.6 Å². The van der Waals surface area contributed by atoms with E-state index < -0.39 is 11.7 Å². The Hall–Kier alpha value is -2.97. The fourth-order valence-corrected chi connectivity index (χ4v) is 3.96. The van der Waals surface area contributed by atoms with Gasteiger partial charge in [0.2, 0.25) is 23.6 Å². The zero-order valence-electron chi connectivity index (χ0n) is 17.0. The van der Waals surface area contributed by atoms with Crippen LogP contribution in [0.15, 0.2) is 24.3 Å². The Morgan fingerprint density at radius 3 is 2.70 bits per heavy atom. The standard InChI is InChI=1S/C21H27FN4O4/c1-14(27)26-11-16(21(30)25-8-7-23-20(29)13-25)5-6-18(12-26)24-19(28)10-15-3-2-4-17(22)9-15/h2-4,9,16,18H,5-8,10-13H2,1H3,(H,23,29)(H,24,28)/t16-,18+/m1/s1. The van der Waals surface area contributed by atoms with Crippen molar-refractivity contribution >= 4 is 23.6 Å². The van der Waals surface area contributed by atoms with Crippen molar-refractivity contribution < 1.29 is 23.6 Å². The van der Waals surface area contributed by atoms with E-state index in [2.05, 4.69) is 10.6 Å². The minimum Gasteiger partial charge on any atom is -0.353 e. The first-order chi connectivity index (χ1) is 14.3. The van der Waals surface area contributed by atoms with Crippen LogP contribution in [0.2, 0.25) is 0 Å². The lowest BCUT2D eigenvalue weighted by molar-refractivity contribution is -0.142. The Balaban J connectivity index is 1.62.